The topological polar surface area (TPSA) is 114 Å². The van der Waals surface area contributed by atoms with Crippen LogP contribution in [-0.2, 0) is 34.6 Å². The summed E-state index contributed by atoms with van der Waals surface area (Å²) in [7, 11) is 0. The lowest BCUT2D eigenvalue weighted by atomic mass is 9.85. The van der Waals surface area contributed by atoms with E-state index in [0.29, 0.717) is 18.4 Å². The van der Waals surface area contributed by atoms with Gasteiger partial charge in [-0.1, -0.05) is 6.58 Å². The van der Waals surface area contributed by atoms with Crippen LogP contribution in [0.5, 0.6) is 0 Å². The van der Waals surface area contributed by atoms with E-state index in [4.69, 9.17) is 13.7 Å². The largest absolute Gasteiger partial charge is 0.750 e. The highest BCUT2D eigenvalue weighted by atomic mass is 32.2. The van der Waals surface area contributed by atoms with Gasteiger partial charge in [-0.3, -0.25) is 13.8 Å². The van der Waals surface area contributed by atoms with E-state index in [1.54, 1.807) is 6.92 Å². The predicted octanol–water partition coefficient (Wildman–Crippen LogP) is -0.279. The van der Waals surface area contributed by atoms with Gasteiger partial charge in [-0.05, 0) is 13.8 Å². The van der Waals surface area contributed by atoms with Crippen molar-refractivity contribution in [2.24, 2.45) is 0 Å². The number of esters is 1. The highest BCUT2D eigenvalue weighted by molar-refractivity contribution is 7.74. The molecule has 8 nitrogen and oxygen atoms in total. The van der Waals surface area contributed by atoms with Crippen LogP contribution in [0, 0.1) is 0 Å². The molecule has 0 spiro atoms. The van der Waals surface area contributed by atoms with Gasteiger partial charge in [0.2, 0.25) is 5.91 Å². The number of fused-ring (bicyclic) bond motifs is 2. The van der Waals surface area contributed by atoms with E-state index in [9.17, 15) is 18.4 Å². The standard InChI is InChI=1S/C13H19NO7S/c1-7(2)12(16)14-6-11(15)20-8-4-10-13(3,21-22(17)18)5-9(8)19-10/h8-10H,1,4-6H2,2-3H3,(H,14,16)(H,17,18)/p-1. The van der Waals surface area contributed by atoms with E-state index in [-0.39, 0.29) is 6.54 Å². The summed E-state index contributed by atoms with van der Waals surface area (Å²) in [6.07, 6.45) is -0.631. The third-order valence-corrected chi connectivity index (χ3v) is 4.33. The molecule has 2 bridgehead atoms. The Labute approximate surface area is 130 Å². The summed E-state index contributed by atoms with van der Waals surface area (Å²) >= 11 is -2.62. The lowest BCUT2D eigenvalue weighted by Crippen LogP contribution is -2.45. The zero-order valence-electron chi connectivity index (χ0n) is 12.3. The Morgan fingerprint density at radius 3 is 2.73 bits per heavy atom. The van der Waals surface area contributed by atoms with E-state index in [1.165, 1.54) is 6.92 Å². The molecular formula is C13H18NO7S-. The number of hydrogen-bond acceptors (Lipinski definition) is 7. The van der Waals surface area contributed by atoms with Crippen molar-refractivity contribution in [1.29, 1.82) is 0 Å². The number of nitrogens with one attached hydrogen (secondary N) is 1. The molecule has 2 fully saturated rings. The molecule has 1 N–H and O–H groups in total. The van der Waals surface area contributed by atoms with Gasteiger partial charge in [0, 0.05) is 18.4 Å². The van der Waals surface area contributed by atoms with Crippen molar-refractivity contribution in [3.63, 3.8) is 0 Å². The average Bonchev–Trinajstić information content (AvgIpc) is 2.91. The van der Waals surface area contributed by atoms with Gasteiger partial charge in [0.1, 0.15) is 18.2 Å². The van der Waals surface area contributed by atoms with Crippen molar-refractivity contribution in [2.45, 2.75) is 50.6 Å². The monoisotopic (exact) mass is 332 g/mol. The zero-order chi connectivity index (χ0) is 16.5. The second kappa shape index (κ2) is 6.45. The summed E-state index contributed by atoms with van der Waals surface area (Å²) in [5.74, 6) is -0.995. The fourth-order valence-electron chi connectivity index (χ4n) is 2.70. The number of hydrogen-bond donors (Lipinski definition) is 1. The summed E-state index contributed by atoms with van der Waals surface area (Å²) in [6.45, 7) is 6.39. The molecule has 9 heteroatoms. The van der Waals surface area contributed by atoms with Crippen LogP contribution in [-0.4, -0.2) is 51.1 Å². The van der Waals surface area contributed by atoms with Crippen LogP contribution in [0.4, 0.5) is 0 Å². The Morgan fingerprint density at radius 2 is 2.23 bits per heavy atom. The van der Waals surface area contributed by atoms with Gasteiger partial charge < -0.3 is 19.3 Å². The summed E-state index contributed by atoms with van der Waals surface area (Å²) in [5.41, 5.74) is -0.622. The molecule has 1 amide bonds. The molecular weight excluding hydrogens is 314 g/mol. The van der Waals surface area contributed by atoms with Gasteiger partial charge >= 0.3 is 5.97 Å². The zero-order valence-corrected chi connectivity index (χ0v) is 13.1. The maximum absolute atomic E-state index is 11.7. The first kappa shape index (κ1) is 17.1. The van der Waals surface area contributed by atoms with E-state index in [1.807, 2.05) is 0 Å². The molecule has 0 aliphatic carbocycles. The van der Waals surface area contributed by atoms with E-state index >= 15 is 0 Å². The molecule has 0 aromatic heterocycles. The molecule has 0 saturated carbocycles. The lowest BCUT2D eigenvalue weighted by Gasteiger charge is -2.33. The summed E-state index contributed by atoms with van der Waals surface area (Å²) in [5, 5.41) is 2.38. The molecule has 0 aromatic rings. The Balaban J connectivity index is 1.81. The molecule has 0 aromatic carbocycles. The second-order valence-electron chi connectivity index (χ2n) is 5.69. The molecule has 5 unspecified atom stereocenters. The minimum atomic E-state index is -2.62. The number of carbonyl (C=O) groups excluding carboxylic acids is 2. The maximum Gasteiger partial charge on any atom is 0.325 e. The van der Waals surface area contributed by atoms with Crippen LogP contribution in [0.1, 0.15) is 26.7 Å². The third kappa shape index (κ3) is 3.72. The fourth-order valence-corrected chi connectivity index (χ4v) is 3.19. The normalized spacial score (nSPS) is 34.2. The van der Waals surface area contributed by atoms with Gasteiger partial charge in [0.15, 0.2) is 0 Å². The molecule has 2 rings (SSSR count). The SMILES string of the molecule is C=C(C)C(=O)NCC(=O)OC1CC2OC1CC2(C)OS(=O)[O-]. The number of ether oxygens (including phenoxy) is 2. The van der Waals surface area contributed by atoms with Crippen LogP contribution in [0.2, 0.25) is 0 Å². The van der Waals surface area contributed by atoms with E-state index < -0.39 is 47.2 Å². The smallest absolute Gasteiger partial charge is 0.325 e. The molecule has 2 saturated heterocycles. The van der Waals surface area contributed by atoms with Gasteiger partial charge in [-0.15, -0.1) is 0 Å². The minimum absolute atomic E-state index is 0.252. The highest BCUT2D eigenvalue weighted by Gasteiger charge is 2.57. The molecule has 2 heterocycles. The fraction of sp³-hybridized carbons (Fsp3) is 0.692. The first-order valence-electron chi connectivity index (χ1n) is 6.78. The van der Waals surface area contributed by atoms with E-state index in [0.717, 1.165) is 0 Å². The average molecular weight is 332 g/mol. The first-order valence-corrected chi connectivity index (χ1v) is 7.78. The molecule has 124 valence electrons. The highest BCUT2D eigenvalue weighted by Crippen LogP contribution is 2.45. The molecule has 0 radical (unpaired) electrons. The Morgan fingerprint density at radius 1 is 1.55 bits per heavy atom. The first-order chi connectivity index (χ1) is 10.2. The van der Waals surface area contributed by atoms with Gasteiger partial charge in [-0.2, -0.15) is 0 Å². The van der Waals surface area contributed by atoms with Crippen LogP contribution < -0.4 is 5.32 Å². The summed E-state index contributed by atoms with van der Waals surface area (Å²) in [4.78, 5) is 23.0. The van der Waals surface area contributed by atoms with Crippen molar-refractivity contribution in [3.05, 3.63) is 12.2 Å². The Hall–Kier alpha value is -1.29. The van der Waals surface area contributed by atoms with Crippen molar-refractivity contribution >= 4 is 23.2 Å². The van der Waals surface area contributed by atoms with Crippen molar-refractivity contribution in [1.82, 2.24) is 5.32 Å². The molecule has 5 atom stereocenters. The van der Waals surface area contributed by atoms with Crippen molar-refractivity contribution in [3.8, 4) is 0 Å². The summed E-state index contributed by atoms with van der Waals surface area (Å²) < 4.78 is 37.1. The van der Waals surface area contributed by atoms with Crippen molar-refractivity contribution < 1.29 is 32.0 Å². The second-order valence-corrected chi connectivity index (χ2v) is 6.27. The van der Waals surface area contributed by atoms with Crippen LogP contribution in [0.3, 0.4) is 0 Å². The van der Waals surface area contributed by atoms with Gasteiger partial charge in [0.25, 0.3) is 0 Å². The molecule has 2 aliphatic heterocycles. The number of amides is 1. The quantitative estimate of drug-likeness (QED) is 0.404. The van der Waals surface area contributed by atoms with Crippen LogP contribution in [0.25, 0.3) is 0 Å². The van der Waals surface area contributed by atoms with Crippen molar-refractivity contribution in [2.75, 3.05) is 6.54 Å². The van der Waals surface area contributed by atoms with Gasteiger partial charge in [-0.25, -0.2) is 4.21 Å². The lowest BCUT2D eigenvalue weighted by molar-refractivity contribution is -0.151. The molecule has 2 aliphatic rings. The minimum Gasteiger partial charge on any atom is -0.750 e. The Bertz CT molecular complexity index is 523. The van der Waals surface area contributed by atoms with Crippen LogP contribution >= 0.6 is 0 Å². The number of rotatable bonds is 6. The predicted molar refractivity (Wildman–Crippen MR) is 74.0 cm³/mol. The van der Waals surface area contributed by atoms with Crippen LogP contribution in [0.15, 0.2) is 12.2 Å². The molecule has 22 heavy (non-hydrogen) atoms. The van der Waals surface area contributed by atoms with E-state index in [2.05, 4.69) is 11.9 Å². The summed E-state index contributed by atoms with van der Waals surface area (Å²) in [6, 6.07) is 0. The third-order valence-electron chi connectivity index (χ3n) is 3.81. The maximum atomic E-state index is 11.7. The number of carbonyl (C=O) groups is 2. The Kier molecular flexibility index (Phi) is 5.00. The van der Waals surface area contributed by atoms with Gasteiger partial charge in [0.05, 0.1) is 23.6 Å².